The molecular weight excluding hydrogens is 248 g/mol. The molecule has 1 N–H and O–H groups in total. The predicted octanol–water partition coefficient (Wildman–Crippen LogP) is 2.64. The second-order valence-electron chi connectivity index (χ2n) is 4.25. The third-order valence-electron chi connectivity index (χ3n) is 2.96. The molecule has 0 atom stereocenters. The molecular formula is C12H14F4N2. The van der Waals surface area contributed by atoms with Gasteiger partial charge in [-0.05, 0) is 31.2 Å². The van der Waals surface area contributed by atoms with Gasteiger partial charge in [0.2, 0.25) is 0 Å². The van der Waals surface area contributed by atoms with Gasteiger partial charge in [-0.2, -0.15) is 13.2 Å². The van der Waals surface area contributed by atoms with E-state index in [-0.39, 0.29) is 5.69 Å². The molecule has 0 aromatic heterocycles. The lowest BCUT2D eigenvalue weighted by molar-refractivity contribution is -0.137. The fraction of sp³-hybridized carbons (Fsp3) is 0.500. The number of hydrogen-bond donors (Lipinski definition) is 1. The molecule has 1 aliphatic heterocycles. The minimum absolute atomic E-state index is 0.242. The van der Waals surface area contributed by atoms with Gasteiger partial charge in [-0.25, -0.2) is 4.39 Å². The molecule has 0 bridgehead atoms. The number of halogens is 4. The van der Waals surface area contributed by atoms with Gasteiger partial charge in [0, 0.05) is 19.6 Å². The predicted molar refractivity (Wildman–Crippen MR) is 61.1 cm³/mol. The summed E-state index contributed by atoms with van der Waals surface area (Å²) in [6.07, 6.45) is -3.65. The molecule has 1 heterocycles. The molecule has 0 radical (unpaired) electrons. The van der Waals surface area contributed by atoms with Crippen LogP contribution in [0.5, 0.6) is 0 Å². The Hall–Kier alpha value is -1.30. The van der Waals surface area contributed by atoms with Gasteiger partial charge in [0.25, 0.3) is 0 Å². The normalized spacial score (nSPS) is 17.7. The van der Waals surface area contributed by atoms with Crippen LogP contribution < -0.4 is 10.2 Å². The van der Waals surface area contributed by atoms with Gasteiger partial charge >= 0.3 is 6.18 Å². The van der Waals surface area contributed by atoms with Gasteiger partial charge in [-0.1, -0.05) is 0 Å². The smallest absolute Gasteiger partial charge is 0.368 e. The zero-order chi connectivity index (χ0) is 13.2. The summed E-state index contributed by atoms with van der Waals surface area (Å²) in [5.41, 5.74) is -0.705. The quantitative estimate of drug-likeness (QED) is 0.783. The van der Waals surface area contributed by atoms with Crippen LogP contribution in [-0.4, -0.2) is 26.2 Å². The van der Waals surface area contributed by atoms with Crippen molar-refractivity contribution in [2.75, 3.05) is 31.1 Å². The van der Waals surface area contributed by atoms with Crippen molar-refractivity contribution in [2.45, 2.75) is 12.6 Å². The molecule has 0 aliphatic carbocycles. The van der Waals surface area contributed by atoms with E-state index < -0.39 is 17.6 Å². The lowest BCUT2D eigenvalue weighted by atomic mass is 10.1. The zero-order valence-electron chi connectivity index (χ0n) is 9.73. The molecule has 100 valence electrons. The standard InChI is InChI=1S/C12H14F4N2/c13-10-8-9(12(14,15)16)2-3-11(10)18-6-1-4-17-5-7-18/h2-3,8,17H,1,4-7H2. The summed E-state index contributed by atoms with van der Waals surface area (Å²) in [5, 5.41) is 3.16. The van der Waals surface area contributed by atoms with Gasteiger partial charge < -0.3 is 10.2 Å². The highest BCUT2D eigenvalue weighted by Crippen LogP contribution is 2.32. The number of hydrogen-bond acceptors (Lipinski definition) is 2. The molecule has 1 saturated heterocycles. The lowest BCUT2D eigenvalue weighted by Crippen LogP contribution is -2.28. The Morgan fingerprint density at radius 3 is 2.56 bits per heavy atom. The van der Waals surface area contributed by atoms with Crippen LogP contribution in [-0.2, 0) is 6.18 Å². The first kappa shape index (κ1) is 13.1. The van der Waals surface area contributed by atoms with E-state index in [2.05, 4.69) is 5.32 Å². The number of rotatable bonds is 1. The summed E-state index contributed by atoms with van der Waals surface area (Å²) in [7, 11) is 0. The summed E-state index contributed by atoms with van der Waals surface area (Å²) >= 11 is 0. The van der Waals surface area contributed by atoms with Crippen molar-refractivity contribution in [3.05, 3.63) is 29.6 Å². The molecule has 1 aromatic carbocycles. The highest BCUT2D eigenvalue weighted by atomic mass is 19.4. The highest BCUT2D eigenvalue weighted by Gasteiger charge is 2.31. The second kappa shape index (κ2) is 5.14. The van der Waals surface area contributed by atoms with Crippen molar-refractivity contribution in [3.63, 3.8) is 0 Å². The second-order valence-corrected chi connectivity index (χ2v) is 4.25. The lowest BCUT2D eigenvalue weighted by Gasteiger charge is -2.23. The molecule has 6 heteroatoms. The average Bonchev–Trinajstić information content (AvgIpc) is 2.56. The van der Waals surface area contributed by atoms with Crippen molar-refractivity contribution in [2.24, 2.45) is 0 Å². The fourth-order valence-electron chi connectivity index (χ4n) is 2.03. The van der Waals surface area contributed by atoms with Crippen molar-refractivity contribution < 1.29 is 17.6 Å². The van der Waals surface area contributed by atoms with Crippen LogP contribution in [0.4, 0.5) is 23.2 Å². The third kappa shape index (κ3) is 2.93. The first-order chi connectivity index (χ1) is 8.48. The van der Waals surface area contributed by atoms with Crippen LogP contribution in [0.15, 0.2) is 18.2 Å². The number of alkyl halides is 3. The van der Waals surface area contributed by atoms with E-state index in [4.69, 9.17) is 0 Å². The van der Waals surface area contributed by atoms with Crippen LogP contribution in [0.1, 0.15) is 12.0 Å². The fourth-order valence-corrected chi connectivity index (χ4v) is 2.03. The summed E-state index contributed by atoms with van der Waals surface area (Å²) in [4.78, 5) is 1.77. The molecule has 0 amide bonds. The molecule has 2 nitrogen and oxygen atoms in total. The molecule has 0 saturated carbocycles. The van der Waals surface area contributed by atoms with Crippen LogP contribution in [0.3, 0.4) is 0 Å². The molecule has 1 aliphatic rings. The Morgan fingerprint density at radius 1 is 1.11 bits per heavy atom. The van der Waals surface area contributed by atoms with E-state index in [9.17, 15) is 17.6 Å². The summed E-state index contributed by atoms with van der Waals surface area (Å²) in [5.74, 6) is -0.813. The van der Waals surface area contributed by atoms with Gasteiger partial charge in [-0.15, -0.1) is 0 Å². The van der Waals surface area contributed by atoms with Gasteiger partial charge in [0.15, 0.2) is 0 Å². The molecule has 0 spiro atoms. The zero-order valence-corrected chi connectivity index (χ0v) is 9.73. The maximum Gasteiger partial charge on any atom is 0.416 e. The van der Waals surface area contributed by atoms with Crippen molar-refractivity contribution in [1.82, 2.24) is 5.32 Å². The van der Waals surface area contributed by atoms with Crippen molar-refractivity contribution in [3.8, 4) is 0 Å². The van der Waals surface area contributed by atoms with Crippen LogP contribution in [0, 0.1) is 5.82 Å². The van der Waals surface area contributed by atoms with Crippen molar-refractivity contribution >= 4 is 5.69 Å². The first-order valence-electron chi connectivity index (χ1n) is 5.81. The maximum absolute atomic E-state index is 13.7. The van der Waals surface area contributed by atoms with E-state index in [1.165, 1.54) is 6.07 Å². The van der Waals surface area contributed by atoms with Gasteiger partial charge in [0.05, 0.1) is 11.3 Å². The van der Waals surface area contributed by atoms with Crippen LogP contribution in [0.25, 0.3) is 0 Å². The van der Waals surface area contributed by atoms with E-state index >= 15 is 0 Å². The van der Waals surface area contributed by atoms with E-state index in [0.29, 0.717) is 25.7 Å². The molecule has 1 aromatic rings. The Morgan fingerprint density at radius 2 is 1.89 bits per heavy atom. The summed E-state index contributed by atoms with van der Waals surface area (Å²) in [6.45, 7) is 2.80. The van der Waals surface area contributed by atoms with Crippen molar-refractivity contribution in [1.29, 1.82) is 0 Å². The first-order valence-corrected chi connectivity index (χ1v) is 5.81. The highest BCUT2D eigenvalue weighted by molar-refractivity contribution is 5.49. The minimum atomic E-state index is -4.50. The number of nitrogens with zero attached hydrogens (tertiary/aromatic N) is 1. The van der Waals surface area contributed by atoms with E-state index in [0.717, 1.165) is 19.0 Å². The molecule has 1 fully saturated rings. The number of anilines is 1. The summed E-state index contributed by atoms with van der Waals surface area (Å²) in [6, 6.07) is 2.70. The largest absolute Gasteiger partial charge is 0.416 e. The maximum atomic E-state index is 13.7. The molecule has 2 rings (SSSR count). The number of benzene rings is 1. The Kier molecular flexibility index (Phi) is 3.75. The third-order valence-corrected chi connectivity index (χ3v) is 2.96. The van der Waals surface area contributed by atoms with Crippen LogP contribution in [0.2, 0.25) is 0 Å². The van der Waals surface area contributed by atoms with Crippen LogP contribution >= 0.6 is 0 Å². The average molecular weight is 262 g/mol. The SMILES string of the molecule is Fc1cc(C(F)(F)F)ccc1N1CCCNCC1. The van der Waals surface area contributed by atoms with E-state index in [1.54, 1.807) is 4.90 Å². The molecule has 18 heavy (non-hydrogen) atoms. The van der Waals surface area contributed by atoms with E-state index in [1.807, 2.05) is 0 Å². The Labute approximate surface area is 103 Å². The Bertz CT molecular complexity index is 409. The van der Waals surface area contributed by atoms with Gasteiger partial charge in [0.1, 0.15) is 5.82 Å². The van der Waals surface area contributed by atoms with Gasteiger partial charge in [-0.3, -0.25) is 0 Å². The topological polar surface area (TPSA) is 15.3 Å². The summed E-state index contributed by atoms with van der Waals surface area (Å²) < 4.78 is 51.0. The minimum Gasteiger partial charge on any atom is -0.368 e. The monoisotopic (exact) mass is 262 g/mol. The number of nitrogens with one attached hydrogen (secondary N) is 1. The molecule has 0 unspecified atom stereocenters. The Balaban J connectivity index is 2.23.